The zero-order valence-corrected chi connectivity index (χ0v) is 10.3. The van der Waals surface area contributed by atoms with Crippen molar-refractivity contribution < 1.29 is 0 Å². The summed E-state index contributed by atoms with van der Waals surface area (Å²) in [4.78, 5) is 6.91. The minimum absolute atomic E-state index is 0.203. The third kappa shape index (κ3) is 2.13. The molecule has 0 fully saturated rings. The molecular weight excluding hydrogens is 200 g/mol. The molecule has 1 unspecified atom stereocenters. The third-order valence-corrected chi connectivity index (χ3v) is 3.55. The van der Waals surface area contributed by atoms with Gasteiger partial charge < -0.3 is 15.2 Å². The highest BCUT2D eigenvalue weighted by Crippen LogP contribution is 2.26. The van der Waals surface area contributed by atoms with Gasteiger partial charge in [-0.1, -0.05) is 13.8 Å². The van der Waals surface area contributed by atoms with Crippen LogP contribution in [0.3, 0.4) is 0 Å². The number of aromatic nitrogens is 2. The first-order valence-electron chi connectivity index (χ1n) is 6.28. The monoisotopic (exact) mass is 222 g/mol. The van der Waals surface area contributed by atoms with E-state index in [4.69, 9.17) is 5.73 Å². The maximum Gasteiger partial charge on any atom is 0.0952 e. The minimum atomic E-state index is 0.203. The van der Waals surface area contributed by atoms with Gasteiger partial charge in [-0.15, -0.1) is 0 Å². The van der Waals surface area contributed by atoms with Gasteiger partial charge >= 0.3 is 0 Å². The van der Waals surface area contributed by atoms with Gasteiger partial charge in [0.05, 0.1) is 17.7 Å². The number of hydrogen-bond donors (Lipinski definition) is 1. The van der Waals surface area contributed by atoms with Crippen LogP contribution in [0.15, 0.2) is 6.33 Å². The molecule has 2 heterocycles. The quantitative estimate of drug-likeness (QED) is 0.813. The molecule has 1 aliphatic heterocycles. The molecule has 0 amide bonds. The van der Waals surface area contributed by atoms with Crippen molar-refractivity contribution in [2.75, 3.05) is 19.6 Å². The van der Waals surface area contributed by atoms with E-state index in [2.05, 4.69) is 28.3 Å². The Labute approximate surface area is 97.4 Å². The van der Waals surface area contributed by atoms with Crippen molar-refractivity contribution in [2.45, 2.75) is 39.3 Å². The summed E-state index contributed by atoms with van der Waals surface area (Å²) in [5.74, 6) is 0. The number of likely N-dealkylation sites (N-methyl/N-ethyl adjacent to an activating group) is 1. The van der Waals surface area contributed by atoms with Crippen LogP contribution < -0.4 is 5.73 Å². The third-order valence-electron chi connectivity index (χ3n) is 3.55. The molecule has 1 aromatic heterocycles. The Morgan fingerprint density at radius 1 is 1.50 bits per heavy atom. The molecule has 0 bridgehead atoms. The van der Waals surface area contributed by atoms with Crippen molar-refractivity contribution in [1.82, 2.24) is 14.5 Å². The fourth-order valence-electron chi connectivity index (χ4n) is 2.45. The van der Waals surface area contributed by atoms with Gasteiger partial charge in [0.1, 0.15) is 0 Å². The topological polar surface area (TPSA) is 47.1 Å². The van der Waals surface area contributed by atoms with Gasteiger partial charge in [0.25, 0.3) is 0 Å². The van der Waals surface area contributed by atoms with Crippen molar-refractivity contribution in [1.29, 1.82) is 0 Å². The number of hydrogen-bond acceptors (Lipinski definition) is 3. The number of aryl methyl sites for hydroxylation is 1. The van der Waals surface area contributed by atoms with Crippen LogP contribution in [-0.2, 0) is 13.0 Å². The van der Waals surface area contributed by atoms with E-state index in [1.807, 2.05) is 6.33 Å². The summed E-state index contributed by atoms with van der Waals surface area (Å²) in [6.07, 6.45) is 4.04. The van der Waals surface area contributed by atoms with Crippen LogP contribution in [0.5, 0.6) is 0 Å². The Balaban J connectivity index is 2.00. The maximum atomic E-state index is 6.09. The van der Waals surface area contributed by atoms with E-state index in [1.54, 1.807) is 0 Å². The summed E-state index contributed by atoms with van der Waals surface area (Å²) in [7, 11) is 0. The Hall–Kier alpha value is -0.870. The fourth-order valence-corrected chi connectivity index (χ4v) is 2.45. The van der Waals surface area contributed by atoms with E-state index in [0.29, 0.717) is 0 Å². The van der Waals surface area contributed by atoms with Crippen LogP contribution >= 0.6 is 0 Å². The van der Waals surface area contributed by atoms with E-state index in [9.17, 15) is 0 Å². The molecule has 2 rings (SSSR count). The first-order valence-corrected chi connectivity index (χ1v) is 6.28. The number of nitrogens with two attached hydrogens (primary N) is 1. The van der Waals surface area contributed by atoms with Crippen molar-refractivity contribution in [3.8, 4) is 0 Å². The first kappa shape index (κ1) is 11.6. The molecule has 0 saturated heterocycles. The minimum Gasteiger partial charge on any atom is -0.333 e. The highest BCUT2D eigenvalue weighted by Gasteiger charge is 2.23. The summed E-state index contributed by atoms with van der Waals surface area (Å²) >= 11 is 0. The van der Waals surface area contributed by atoms with Gasteiger partial charge in [0.15, 0.2) is 0 Å². The molecule has 0 saturated carbocycles. The van der Waals surface area contributed by atoms with E-state index >= 15 is 0 Å². The largest absolute Gasteiger partial charge is 0.333 e. The van der Waals surface area contributed by atoms with Gasteiger partial charge in [0.2, 0.25) is 0 Å². The average molecular weight is 222 g/mol. The van der Waals surface area contributed by atoms with E-state index in [0.717, 1.165) is 39.0 Å². The van der Waals surface area contributed by atoms with Gasteiger partial charge in [-0.25, -0.2) is 4.98 Å². The second-order valence-corrected chi connectivity index (χ2v) is 4.44. The van der Waals surface area contributed by atoms with Crippen LogP contribution in [0.2, 0.25) is 0 Å². The normalized spacial score (nSPS) is 19.4. The molecule has 1 aromatic rings. The number of fused-ring (bicyclic) bond motifs is 1. The number of imidazole rings is 1. The summed E-state index contributed by atoms with van der Waals surface area (Å²) in [5, 5.41) is 0. The Bertz CT molecular complexity index is 341. The van der Waals surface area contributed by atoms with Gasteiger partial charge in [-0.2, -0.15) is 0 Å². The smallest absolute Gasteiger partial charge is 0.0952 e. The van der Waals surface area contributed by atoms with Crippen molar-refractivity contribution in [3.05, 3.63) is 17.7 Å². The summed E-state index contributed by atoms with van der Waals surface area (Å²) < 4.78 is 2.21. The molecule has 0 aromatic carbocycles. The molecule has 0 radical (unpaired) electrons. The molecule has 4 nitrogen and oxygen atoms in total. The molecule has 0 aliphatic carbocycles. The van der Waals surface area contributed by atoms with Crippen LogP contribution in [-0.4, -0.2) is 34.1 Å². The number of nitrogens with zero attached hydrogens (tertiary/aromatic N) is 3. The van der Waals surface area contributed by atoms with Crippen molar-refractivity contribution in [2.24, 2.45) is 5.73 Å². The summed E-state index contributed by atoms with van der Waals surface area (Å²) in [5.41, 5.74) is 8.56. The van der Waals surface area contributed by atoms with Crippen LogP contribution in [0.1, 0.15) is 37.7 Å². The molecule has 1 atom stereocenters. The molecule has 4 heteroatoms. The summed E-state index contributed by atoms with van der Waals surface area (Å²) in [6, 6.07) is 0.203. The molecule has 2 N–H and O–H groups in total. The lowest BCUT2D eigenvalue weighted by atomic mass is 10.1. The first-order chi connectivity index (χ1) is 7.76. The van der Waals surface area contributed by atoms with Gasteiger partial charge in [-0.3, -0.25) is 0 Å². The average Bonchev–Trinajstić information content (AvgIpc) is 2.85. The Kier molecular flexibility index (Phi) is 3.61. The molecule has 16 heavy (non-hydrogen) atoms. The Morgan fingerprint density at radius 2 is 2.25 bits per heavy atom. The number of rotatable bonds is 5. The lowest BCUT2D eigenvalue weighted by molar-refractivity contribution is 0.306. The second-order valence-electron chi connectivity index (χ2n) is 4.44. The van der Waals surface area contributed by atoms with Gasteiger partial charge in [0, 0.05) is 25.6 Å². The maximum absolute atomic E-state index is 6.09. The van der Waals surface area contributed by atoms with E-state index < -0.39 is 0 Å². The molecule has 0 spiro atoms. The SMILES string of the molecule is CCN(CC)CCc1ncn2c1C(N)CC2. The van der Waals surface area contributed by atoms with Crippen molar-refractivity contribution in [3.63, 3.8) is 0 Å². The second kappa shape index (κ2) is 4.97. The highest BCUT2D eigenvalue weighted by atomic mass is 15.1. The van der Waals surface area contributed by atoms with E-state index in [1.165, 1.54) is 11.4 Å². The lowest BCUT2D eigenvalue weighted by Gasteiger charge is -2.17. The van der Waals surface area contributed by atoms with Crippen LogP contribution in [0.25, 0.3) is 0 Å². The highest BCUT2D eigenvalue weighted by molar-refractivity contribution is 5.20. The zero-order chi connectivity index (χ0) is 11.5. The van der Waals surface area contributed by atoms with Crippen molar-refractivity contribution >= 4 is 0 Å². The van der Waals surface area contributed by atoms with Crippen LogP contribution in [0, 0.1) is 0 Å². The van der Waals surface area contributed by atoms with E-state index in [-0.39, 0.29) is 6.04 Å². The van der Waals surface area contributed by atoms with Gasteiger partial charge in [-0.05, 0) is 19.5 Å². The standard InChI is InChI=1S/C12H22N4/c1-3-15(4-2)7-6-11-12-10(13)5-8-16(12)9-14-11/h9-10H,3-8,13H2,1-2H3. The lowest BCUT2D eigenvalue weighted by Crippen LogP contribution is -2.26. The molecule has 1 aliphatic rings. The predicted octanol–water partition coefficient (Wildman–Crippen LogP) is 1.17. The molecular formula is C12H22N4. The molecule has 90 valence electrons. The zero-order valence-electron chi connectivity index (χ0n) is 10.3. The fraction of sp³-hybridized carbons (Fsp3) is 0.750. The predicted molar refractivity (Wildman–Crippen MR) is 65.3 cm³/mol. The summed E-state index contributed by atoms with van der Waals surface area (Å²) in [6.45, 7) is 8.75. The van der Waals surface area contributed by atoms with Crippen LogP contribution in [0.4, 0.5) is 0 Å². The Morgan fingerprint density at radius 3 is 2.94 bits per heavy atom.